The van der Waals surface area contributed by atoms with E-state index in [0.29, 0.717) is 13.0 Å². The smallest absolute Gasteiger partial charge is 0.271 e. The lowest BCUT2D eigenvalue weighted by atomic mass is 9.97. The Morgan fingerprint density at radius 2 is 1.67 bits per heavy atom. The Bertz CT molecular complexity index is 990. The van der Waals surface area contributed by atoms with Crippen LogP contribution in [0.1, 0.15) is 32.6 Å². The third-order valence-electron chi connectivity index (χ3n) is 4.29. The van der Waals surface area contributed by atoms with Gasteiger partial charge in [-0.15, -0.1) is 0 Å². The number of benzene rings is 2. The highest BCUT2D eigenvalue weighted by Gasteiger charge is 2.19. The SMILES string of the molecule is Cc1cc(C)c(CCNC(=O)c2cc([N+](=O)[O-])cc(S(C)(=O)=O)c2)c(C)c1. The van der Waals surface area contributed by atoms with E-state index in [1.807, 2.05) is 20.8 Å². The number of hydrogen-bond donors (Lipinski definition) is 1. The first-order valence-corrected chi connectivity index (χ1v) is 10.2. The van der Waals surface area contributed by atoms with Crippen molar-refractivity contribution in [3.05, 3.63) is 68.3 Å². The van der Waals surface area contributed by atoms with E-state index in [-0.39, 0.29) is 10.5 Å². The van der Waals surface area contributed by atoms with E-state index < -0.39 is 26.4 Å². The standard InChI is InChI=1S/C19H22N2O5S/c1-12-7-13(2)18(14(3)8-12)5-6-20-19(22)15-9-16(21(23)24)11-17(10-15)27(4,25)26/h7-11H,5-6H2,1-4H3,(H,20,22). The number of carbonyl (C=O) groups is 1. The number of nitrogens with zero attached hydrogens (tertiary/aromatic N) is 1. The van der Waals surface area contributed by atoms with Crippen LogP contribution in [0.5, 0.6) is 0 Å². The number of nitrogens with one attached hydrogen (secondary N) is 1. The van der Waals surface area contributed by atoms with Gasteiger partial charge in [0.05, 0.1) is 9.82 Å². The van der Waals surface area contributed by atoms with Crippen molar-refractivity contribution in [1.82, 2.24) is 5.32 Å². The normalized spacial score (nSPS) is 11.3. The molecule has 0 atom stereocenters. The van der Waals surface area contributed by atoms with Gasteiger partial charge in [-0.1, -0.05) is 17.7 Å². The van der Waals surface area contributed by atoms with Crippen molar-refractivity contribution in [2.45, 2.75) is 32.1 Å². The van der Waals surface area contributed by atoms with Crippen molar-refractivity contribution < 1.29 is 18.1 Å². The minimum atomic E-state index is -3.68. The van der Waals surface area contributed by atoms with Gasteiger partial charge in [0.25, 0.3) is 11.6 Å². The molecule has 2 aromatic rings. The van der Waals surface area contributed by atoms with Gasteiger partial charge >= 0.3 is 0 Å². The maximum Gasteiger partial charge on any atom is 0.271 e. The highest BCUT2D eigenvalue weighted by molar-refractivity contribution is 7.90. The van der Waals surface area contributed by atoms with Gasteiger partial charge in [0, 0.05) is 30.5 Å². The molecule has 7 nitrogen and oxygen atoms in total. The molecule has 0 bridgehead atoms. The fourth-order valence-corrected chi connectivity index (χ4v) is 3.72. The number of sulfone groups is 1. The van der Waals surface area contributed by atoms with Gasteiger partial charge in [-0.05, 0) is 49.9 Å². The molecule has 0 fully saturated rings. The Hall–Kier alpha value is -2.74. The Kier molecular flexibility index (Phi) is 6.00. The molecule has 27 heavy (non-hydrogen) atoms. The second kappa shape index (κ2) is 7.87. The van der Waals surface area contributed by atoms with Crippen LogP contribution in [0.25, 0.3) is 0 Å². The molecule has 0 aliphatic heterocycles. The summed E-state index contributed by atoms with van der Waals surface area (Å²) in [5, 5.41) is 13.7. The molecule has 0 aromatic heterocycles. The van der Waals surface area contributed by atoms with E-state index in [1.54, 1.807) is 0 Å². The third-order valence-corrected chi connectivity index (χ3v) is 5.39. The van der Waals surface area contributed by atoms with Gasteiger partial charge in [0.1, 0.15) is 0 Å². The summed E-state index contributed by atoms with van der Waals surface area (Å²) in [6, 6.07) is 7.32. The zero-order chi connectivity index (χ0) is 20.4. The predicted octanol–water partition coefficient (Wildman–Crippen LogP) is 2.90. The van der Waals surface area contributed by atoms with Crippen LogP contribution < -0.4 is 5.32 Å². The molecule has 1 amide bonds. The summed E-state index contributed by atoms with van der Waals surface area (Å²) in [5.41, 5.74) is 4.09. The summed E-state index contributed by atoms with van der Waals surface area (Å²) in [6.07, 6.45) is 1.55. The zero-order valence-electron chi connectivity index (χ0n) is 15.7. The maximum absolute atomic E-state index is 12.4. The summed E-state index contributed by atoms with van der Waals surface area (Å²) < 4.78 is 23.5. The molecule has 0 aliphatic carbocycles. The molecule has 0 heterocycles. The van der Waals surface area contributed by atoms with Gasteiger partial charge < -0.3 is 5.32 Å². The number of nitro groups is 1. The Morgan fingerprint density at radius 1 is 1.07 bits per heavy atom. The lowest BCUT2D eigenvalue weighted by molar-refractivity contribution is -0.385. The average Bonchev–Trinajstić information content (AvgIpc) is 2.55. The number of rotatable bonds is 6. The van der Waals surface area contributed by atoms with Gasteiger partial charge in [-0.3, -0.25) is 14.9 Å². The van der Waals surface area contributed by atoms with E-state index in [0.717, 1.165) is 41.1 Å². The fraction of sp³-hybridized carbons (Fsp3) is 0.316. The van der Waals surface area contributed by atoms with Crippen molar-refractivity contribution in [2.24, 2.45) is 0 Å². The molecule has 144 valence electrons. The second-order valence-corrected chi connectivity index (χ2v) is 8.64. The molecule has 0 unspecified atom stereocenters. The van der Waals surface area contributed by atoms with E-state index in [1.165, 1.54) is 5.56 Å². The molecule has 8 heteroatoms. The second-order valence-electron chi connectivity index (χ2n) is 6.63. The summed E-state index contributed by atoms with van der Waals surface area (Å²) in [6.45, 7) is 6.37. The van der Waals surface area contributed by atoms with Crippen LogP contribution >= 0.6 is 0 Å². The van der Waals surface area contributed by atoms with Crippen LogP contribution in [0, 0.1) is 30.9 Å². The number of carbonyl (C=O) groups excluding carboxylic acids is 1. The van der Waals surface area contributed by atoms with Crippen molar-refractivity contribution in [1.29, 1.82) is 0 Å². The zero-order valence-corrected chi connectivity index (χ0v) is 16.5. The Balaban J connectivity index is 2.19. The largest absolute Gasteiger partial charge is 0.352 e. The molecule has 1 N–H and O–H groups in total. The molecule has 2 aromatic carbocycles. The first-order valence-electron chi connectivity index (χ1n) is 8.33. The first-order chi connectivity index (χ1) is 12.5. The highest BCUT2D eigenvalue weighted by Crippen LogP contribution is 2.21. The van der Waals surface area contributed by atoms with Crippen molar-refractivity contribution in [3.8, 4) is 0 Å². The predicted molar refractivity (Wildman–Crippen MR) is 103 cm³/mol. The molecule has 2 rings (SSSR count). The molecule has 0 radical (unpaired) electrons. The monoisotopic (exact) mass is 390 g/mol. The van der Waals surface area contributed by atoms with E-state index in [2.05, 4.69) is 17.4 Å². The Morgan fingerprint density at radius 3 is 2.19 bits per heavy atom. The van der Waals surface area contributed by atoms with Crippen LogP contribution in [0.2, 0.25) is 0 Å². The van der Waals surface area contributed by atoms with E-state index in [4.69, 9.17) is 0 Å². The summed E-state index contributed by atoms with van der Waals surface area (Å²) in [7, 11) is -3.68. The Labute approximate surface area is 158 Å². The van der Waals surface area contributed by atoms with Crippen LogP contribution in [0.3, 0.4) is 0 Å². The van der Waals surface area contributed by atoms with Crippen molar-refractivity contribution >= 4 is 21.4 Å². The first kappa shape index (κ1) is 20.6. The van der Waals surface area contributed by atoms with Crippen LogP contribution in [-0.4, -0.2) is 32.0 Å². The van der Waals surface area contributed by atoms with Crippen molar-refractivity contribution in [2.75, 3.05) is 12.8 Å². The minimum Gasteiger partial charge on any atom is -0.352 e. The molecular weight excluding hydrogens is 368 g/mol. The van der Waals surface area contributed by atoms with E-state index >= 15 is 0 Å². The summed E-state index contributed by atoms with van der Waals surface area (Å²) in [4.78, 5) is 22.4. The fourth-order valence-electron chi connectivity index (χ4n) is 3.04. The lowest BCUT2D eigenvalue weighted by Gasteiger charge is -2.12. The summed E-state index contributed by atoms with van der Waals surface area (Å²) >= 11 is 0. The number of amides is 1. The van der Waals surface area contributed by atoms with Crippen LogP contribution in [-0.2, 0) is 16.3 Å². The molecule has 0 spiro atoms. The molecule has 0 aliphatic rings. The minimum absolute atomic E-state index is 0.0537. The molecular formula is C19H22N2O5S. The number of non-ortho nitro benzene ring substituents is 1. The van der Waals surface area contributed by atoms with Gasteiger partial charge in [0.2, 0.25) is 0 Å². The molecule has 0 saturated carbocycles. The highest BCUT2D eigenvalue weighted by atomic mass is 32.2. The number of nitro benzene ring substituents is 1. The molecule has 0 saturated heterocycles. The maximum atomic E-state index is 12.4. The lowest BCUT2D eigenvalue weighted by Crippen LogP contribution is -2.26. The third kappa shape index (κ3) is 5.13. The van der Waals surface area contributed by atoms with Crippen LogP contribution in [0.4, 0.5) is 5.69 Å². The topological polar surface area (TPSA) is 106 Å². The number of aryl methyl sites for hydroxylation is 3. The van der Waals surface area contributed by atoms with Gasteiger partial charge in [-0.25, -0.2) is 8.42 Å². The van der Waals surface area contributed by atoms with E-state index in [9.17, 15) is 23.3 Å². The van der Waals surface area contributed by atoms with Crippen molar-refractivity contribution in [3.63, 3.8) is 0 Å². The van der Waals surface area contributed by atoms with Gasteiger partial charge in [-0.2, -0.15) is 0 Å². The van der Waals surface area contributed by atoms with Crippen LogP contribution in [0.15, 0.2) is 35.2 Å². The quantitative estimate of drug-likeness (QED) is 0.603. The van der Waals surface area contributed by atoms with Gasteiger partial charge in [0.15, 0.2) is 9.84 Å². The summed E-state index contributed by atoms with van der Waals surface area (Å²) in [5.74, 6) is -0.550. The average molecular weight is 390 g/mol. The number of hydrogen-bond acceptors (Lipinski definition) is 5.